The maximum absolute atomic E-state index is 12.7. The van der Waals surface area contributed by atoms with E-state index in [1.165, 1.54) is 7.11 Å². The van der Waals surface area contributed by atoms with Crippen molar-refractivity contribution in [2.75, 3.05) is 30.5 Å². The summed E-state index contributed by atoms with van der Waals surface area (Å²) in [5, 5.41) is 2.66. The van der Waals surface area contributed by atoms with Crippen LogP contribution in [0.25, 0.3) is 0 Å². The molecule has 8 heteroatoms. The largest absolute Gasteiger partial charge is 0.495 e. The van der Waals surface area contributed by atoms with Crippen LogP contribution < -0.4 is 19.7 Å². The van der Waals surface area contributed by atoms with Crippen LogP contribution in [0.4, 0.5) is 11.4 Å². The van der Waals surface area contributed by atoms with Crippen LogP contribution >= 0.6 is 0 Å². The van der Waals surface area contributed by atoms with E-state index in [0.717, 1.165) is 16.9 Å². The van der Waals surface area contributed by atoms with Crippen LogP contribution in [0.15, 0.2) is 66.7 Å². The third kappa shape index (κ3) is 6.32. The van der Waals surface area contributed by atoms with Gasteiger partial charge in [0, 0.05) is 18.7 Å². The Morgan fingerprint density at radius 2 is 1.76 bits per heavy atom. The summed E-state index contributed by atoms with van der Waals surface area (Å²) in [6.45, 7) is 5.99. The Labute approximate surface area is 222 Å². The van der Waals surface area contributed by atoms with E-state index in [9.17, 15) is 14.4 Å². The molecule has 1 aliphatic rings. The van der Waals surface area contributed by atoms with Gasteiger partial charge in [0.2, 0.25) is 5.91 Å². The van der Waals surface area contributed by atoms with Crippen LogP contribution in [0.5, 0.6) is 17.2 Å². The lowest BCUT2D eigenvalue weighted by Gasteiger charge is -2.18. The first-order valence-corrected chi connectivity index (χ1v) is 12.5. The molecule has 1 aliphatic heterocycles. The van der Waals surface area contributed by atoms with Crippen molar-refractivity contribution in [2.24, 2.45) is 5.92 Å². The van der Waals surface area contributed by atoms with Crippen molar-refractivity contribution in [3.63, 3.8) is 0 Å². The fraction of sp³-hybridized carbons (Fsp3) is 0.300. The summed E-state index contributed by atoms with van der Waals surface area (Å²) in [7, 11) is 1.50. The average Bonchev–Trinajstić information content (AvgIpc) is 3.29. The van der Waals surface area contributed by atoms with Gasteiger partial charge in [0.15, 0.2) is 6.61 Å². The summed E-state index contributed by atoms with van der Waals surface area (Å²) < 4.78 is 16.5. The van der Waals surface area contributed by atoms with Gasteiger partial charge >= 0.3 is 5.97 Å². The number of anilines is 2. The highest BCUT2D eigenvalue weighted by molar-refractivity contribution is 6.00. The molecule has 3 aromatic rings. The van der Waals surface area contributed by atoms with Gasteiger partial charge in [-0.2, -0.15) is 0 Å². The van der Waals surface area contributed by atoms with E-state index >= 15 is 0 Å². The number of ether oxygens (including phenoxy) is 3. The third-order valence-corrected chi connectivity index (χ3v) is 6.35. The average molecular weight is 517 g/mol. The smallest absolute Gasteiger partial charge is 0.311 e. The Morgan fingerprint density at radius 3 is 2.47 bits per heavy atom. The Kier molecular flexibility index (Phi) is 8.31. The lowest BCUT2D eigenvalue weighted by molar-refractivity contribution is -0.151. The van der Waals surface area contributed by atoms with Crippen molar-refractivity contribution in [3.8, 4) is 17.2 Å². The Morgan fingerprint density at radius 1 is 1.03 bits per heavy atom. The van der Waals surface area contributed by atoms with Crippen molar-refractivity contribution < 1.29 is 28.6 Å². The van der Waals surface area contributed by atoms with Crippen molar-refractivity contribution in [1.29, 1.82) is 0 Å². The normalized spacial score (nSPS) is 14.9. The van der Waals surface area contributed by atoms with Crippen LogP contribution in [0.2, 0.25) is 0 Å². The highest BCUT2D eigenvalue weighted by Gasteiger charge is 2.36. The zero-order chi connectivity index (χ0) is 27.2. The first-order chi connectivity index (χ1) is 18.2. The Bertz CT molecular complexity index is 1320. The number of rotatable bonds is 9. The molecule has 0 unspecified atom stereocenters. The molecule has 1 fully saturated rings. The first-order valence-electron chi connectivity index (χ1n) is 12.5. The number of carbonyl (C=O) groups is 3. The van der Waals surface area contributed by atoms with E-state index in [1.807, 2.05) is 25.1 Å². The second kappa shape index (κ2) is 11.8. The molecular formula is C30H32N2O6. The fourth-order valence-electron chi connectivity index (χ4n) is 4.33. The summed E-state index contributed by atoms with van der Waals surface area (Å²) in [4.78, 5) is 39.1. The number of carbonyl (C=O) groups excluding carboxylic acids is 3. The molecule has 0 saturated carbocycles. The number of hydrogen-bond acceptors (Lipinski definition) is 6. The molecule has 3 aromatic carbocycles. The van der Waals surface area contributed by atoms with E-state index in [0.29, 0.717) is 28.8 Å². The number of esters is 1. The van der Waals surface area contributed by atoms with Crippen LogP contribution in [0, 0.1) is 12.8 Å². The summed E-state index contributed by atoms with van der Waals surface area (Å²) >= 11 is 0. The van der Waals surface area contributed by atoms with E-state index in [2.05, 4.69) is 31.3 Å². The molecule has 8 nitrogen and oxygen atoms in total. The number of benzene rings is 3. The van der Waals surface area contributed by atoms with E-state index in [1.54, 1.807) is 41.3 Å². The van der Waals surface area contributed by atoms with Gasteiger partial charge in [0.25, 0.3) is 5.91 Å². The monoisotopic (exact) mass is 516 g/mol. The zero-order valence-electron chi connectivity index (χ0n) is 22.0. The van der Waals surface area contributed by atoms with Crippen LogP contribution in [0.1, 0.15) is 37.3 Å². The SMILES string of the molecule is COc1ccccc1NC(=O)COC(=O)[C@H]1CC(=O)N(c2ccc(Oc3cc(C)ccc3C(C)C)cc2)C1. The molecular weight excluding hydrogens is 484 g/mol. The molecule has 0 aliphatic carbocycles. The quantitative estimate of drug-likeness (QED) is 0.380. The zero-order valence-corrected chi connectivity index (χ0v) is 22.0. The van der Waals surface area contributed by atoms with Crippen molar-refractivity contribution in [3.05, 3.63) is 77.9 Å². The number of methoxy groups -OCH3 is 1. The molecule has 1 heterocycles. The lowest BCUT2D eigenvalue weighted by Crippen LogP contribution is -2.28. The number of hydrogen-bond donors (Lipinski definition) is 1. The minimum absolute atomic E-state index is 0.0201. The molecule has 1 N–H and O–H groups in total. The standard InChI is InChI=1S/C30H32N2O6/c1-19(2)24-14-9-20(3)15-27(24)38-23-12-10-22(11-13-23)32-17-21(16-29(32)34)30(35)37-18-28(33)31-25-7-5-6-8-26(25)36-4/h5-15,19,21H,16-18H2,1-4H3,(H,31,33)/t21-/m0/s1. The first kappa shape index (κ1) is 26.7. The Balaban J connectivity index is 1.33. The second-order valence-electron chi connectivity index (χ2n) is 9.55. The molecule has 0 spiro atoms. The topological polar surface area (TPSA) is 94.2 Å². The van der Waals surface area contributed by atoms with Gasteiger partial charge in [-0.05, 0) is 66.4 Å². The molecule has 0 radical (unpaired) electrons. The molecule has 1 saturated heterocycles. The minimum Gasteiger partial charge on any atom is -0.495 e. The Hall–Kier alpha value is -4.33. The summed E-state index contributed by atoms with van der Waals surface area (Å²) in [6, 6.07) is 20.3. The molecule has 0 bridgehead atoms. The maximum Gasteiger partial charge on any atom is 0.311 e. The molecule has 38 heavy (non-hydrogen) atoms. The fourth-order valence-corrected chi connectivity index (χ4v) is 4.33. The van der Waals surface area contributed by atoms with Crippen LogP contribution in [0.3, 0.4) is 0 Å². The third-order valence-electron chi connectivity index (χ3n) is 6.35. The summed E-state index contributed by atoms with van der Waals surface area (Å²) in [6.07, 6.45) is 0.0201. The van der Waals surface area contributed by atoms with Crippen LogP contribution in [-0.4, -0.2) is 38.0 Å². The van der Waals surface area contributed by atoms with E-state index in [4.69, 9.17) is 14.2 Å². The summed E-state index contributed by atoms with van der Waals surface area (Å²) in [5.74, 6) is 0.368. The molecule has 4 rings (SSSR count). The second-order valence-corrected chi connectivity index (χ2v) is 9.55. The summed E-state index contributed by atoms with van der Waals surface area (Å²) in [5.41, 5.74) is 3.37. The number of nitrogens with one attached hydrogen (secondary N) is 1. The van der Waals surface area contributed by atoms with Gasteiger partial charge in [-0.15, -0.1) is 0 Å². The van der Waals surface area contributed by atoms with Crippen molar-refractivity contribution in [2.45, 2.75) is 33.1 Å². The lowest BCUT2D eigenvalue weighted by atomic mass is 10.0. The van der Waals surface area contributed by atoms with Crippen molar-refractivity contribution >= 4 is 29.2 Å². The van der Waals surface area contributed by atoms with Gasteiger partial charge in [-0.1, -0.05) is 38.1 Å². The predicted octanol–water partition coefficient (Wildman–Crippen LogP) is 5.45. The molecule has 0 aromatic heterocycles. The number of nitrogens with zero attached hydrogens (tertiary/aromatic N) is 1. The van der Waals surface area contributed by atoms with E-state index in [-0.39, 0.29) is 18.9 Å². The van der Waals surface area contributed by atoms with Gasteiger partial charge in [0.05, 0.1) is 18.7 Å². The molecule has 2 amide bonds. The molecule has 198 valence electrons. The highest BCUT2D eigenvalue weighted by atomic mass is 16.5. The predicted molar refractivity (Wildman–Crippen MR) is 145 cm³/mol. The van der Waals surface area contributed by atoms with Crippen LogP contribution in [-0.2, 0) is 19.1 Å². The number of amides is 2. The number of para-hydroxylation sites is 2. The minimum atomic E-state index is -0.654. The van der Waals surface area contributed by atoms with Gasteiger partial charge in [0.1, 0.15) is 17.2 Å². The van der Waals surface area contributed by atoms with Gasteiger partial charge < -0.3 is 24.4 Å². The number of aryl methyl sites for hydroxylation is 1. The van der Waals surface area contributed by atoms with Gasteiger partial charge in [-0.25, -0.2) is 0 Å². The maximum atomic E-state index is 12.7. The highest BCUT2D eigenvalue weighted by Crippen LogP contribution is 2.33. The molecule has 1 atom stereocenters. The van der Waals surface area contributed by atoms with Crippen molar-refractivity contribution in [1.82, 2.24) is 0 Å². The van der Waals surface area contributed by atoms with E-state index < -0.39 is 24.4 Å². The van der Waals surface area contributed by atoms with Gasteiger partial charge in [-0.3, -0.25) is 14.4 Å².